The molecule has 2 atom stereocenters. The minimum Gasteiger partial charge on any atom is -0.391 e. The summed E-state index contributed by atoms with van der Waals surface area (Å²) in [5, 5.41) is 20.9. The summed E-state index contributed by atoms with van der Waals surface area (Å²) in [6, 6.07) is 12.7. The van der Waals surface area contributed by atoms with E-state index in [-0.39, 0.29) is 17.6 Å². The zero-order valence-electron chi connectivity index (χ0n) is 19.0. The van der Waals surface area contributed by atoms with Crippen molar-refractivity contribution < 1.29 is 9.90 Å². The molecule has 0 aliphatic heterocycles. The molecule has 34 heavy (non-hydrogen) atoms. The number of aromatic nitrogens is 6. The van der Waals surface area contributed by atoms with Gasteiger partial charge < -0.3 is 15.0 Å². The molecule has 172 valence electrons. The van der Waals surface area contributed by atoms with Crippen molar-refractivity contribution in [3.8, 4) is 22.6 Å². The molecular weight excluding hydrogens is 430 g/mol. The van der Waals surface area contributed by atoms with Crippen LogP contribution >= 0.6 is 0 Å². The van der Waals surface area contributed by atoms with E-state index >= 15 is 0 Å². The number of rotatable bonds is 7. The molecule has 0 bridgehead atoms. The highest BCUT2D eigenvalue weighted by Gasteiger charge is 2.24. The zero-order valence-corrected chi connectivity index (χ0v) is 19.0. The SMILES string of the molecule is C[C@@H](O)[C@H](C)n1cnnc1-c1cccc(NC(=O)c2cc(-c3ccc(C4CC4)nc3)ccn2)n1. The number of pyridine rings is 3. The fourth-order valence-corrected chi connectivity index (χ4v) is 3.70. The molecule has 0 unspecified atom stereocenters. The van der Waals surface area contributed by atoms with Crippen LogP contribution in [0.3, 0.4) is 0 Å². The Bertz CT molecular complexity index is 1310. The molecule has 0 spiro atoms. The third-order valence-electron chi connectivity index (χ3n) is 6.04. The first-order chi connectivity index (χ1) is 16.5. The second-order valence-electron chi connectivity index (χ2n) is 8.58. The van der Waals surface area contributed by atoms with Crippen LogP contribution in [0.15, 0.2) is 61.2 Å². The predicted molar refractivity (Wildman–Crippen MR) is 127 cm³/mol. The van der Waals surface area contributed by atoms with Crippen LogP contribution in [0.2, 0.25) is 0 Å². The Balaban J connectivity index is 1.34. The van der Waals surface area contributed by atoms with Crippen molar-refractivity contribution in [3.05, 3.63) is 72.6 Å². The van der Waals surface area contributed by atoms with Gasteiger partial charge in [0.05, 0.1) is 12.1 Å². The number of nitrogens with one attached hydrogen (secondary N) is 1. The molecule has 4 aromatic rings. The number of hydrogen-bond donors (Lipinski definition) is 2. The van der Waals surface area contributed by atoms with Crippen LogP contribution in [-0.2, 0) is 0 Å². The van der Waals surface area contributed by atoms with Crippen molar-refractivity contribution in [1.82, 2.24) is 29.7 Å². The summed E-state index contributed by atoms with van der Waals surface area (Å²) in [6.45, 7) is 3.58. The van der Waals surface area contributed by atoms with Crippen molar-refractivity contribution >= 4 is 11.7 Å². The molecule has 4 heterocycles. The second-order valence-corrected chi connectivity index (χ2v) is 8.58. The van der Waals surface area contributed by atoms with Gasteiger partial charge in [0, 0.05) is 29.6 Å². The molecular formula is C25H25N7O2. The van der Waals surface area contributed by atoms with Crippen LogP contribution in [0.5, 0.6) is 0 Å². The lowest BCUT2D eigenvalue weighted by atomic mass is 10.1. The van der Waals surface area contributed by atoms with E-state index in [2.05, 4.69) is 36.5 Å². The van der Waals surface area contributed by atoms with Gasteiger partial charge in [-0.1, -0.05) is 12.1 Å². The Morgan fingerprint density at radius 2 is 1.97 bits per heavy atom. The summed E-state index contributed by atoms with van der Waals surface area (Å²) < 4.78 is 1.76. The summed E-state index contributed by atoms with van der Waals surface area (Å²) in [5.41, 5.74) is 3.75. The third kappa shape index (κ3) is 4.55. The van der Waals surface area contributed by atoms with E-state index in [1.165, 1.54) is 12.8 Å². The predicted octanol–water partition coefficient (Wildman–Crippen LogP) is 3.87. The lowest BCUT2D eigenvalue weighted by molar-refractivity contribution is 0.102. The lowest BCUT2D eigenvalue weighted by Gasteiger charge is -2.17. The zero-order chi connectivity index (χ0) is 23.7. The number of carbonyl (C=O) groups is 1. The van der Waals surface area contributed by atoms with Crippen LogP contribution < -0.4 is 5.32 Å². The number of carbonyl (C=O) groups excluding carboxylic acids is 1. The van der Waals surface area contributed by atoms with Crippen molar-refractivity contribution in [1.29, 1.82) is 0 Å². The van der Waals surface area contributed by atoms with Crippen molar-refractivity contribution in [2.45, 2.75) is 44.8 Å². The number of anilines is 1. The van der Waals surface area contributed by atoms with Gasteiger partial charge in [-0.15, -0.1) is 10.2 Å². The van der Waals surface area contributed by atoms with Crippen LogP contribution in [0, 0.1) is 0 Å². The smallest absolute Gasteiger partial charge is 0.275 e. The first kappa shape index (κ1) is 21.8. The average Bonchev–Trinajstić information content (AvgIpc) is 3.60. The van der Waals surface area contributed by atoms with E-state index in [9.17, 15) is 9.90 Å². The van der Waals surface area contributed by atoms with Gasteiger partial charge in [0.1, 0.15) is 23.5 Å². The molecule has 9 heteroatoms. The van der Waals surface area contributed by atoms with Crippen LogP contribution in [0.25, 0.3) is 22.6 Å². The maximum atomic E-state index is 12.9. The number of aliphatic hydroxyl groups is 1. The molecule has 1 amide bonds. The molecule has 9 nitrogen and oxygen atoms in total. The largest absolute Gasteiger partial charge is 0.391 e. The van der Waals surface area contributed by atoms with Crippen LogP contribution in [0.1, 0.15) is 54.8 Å². The van der Waals surface area contributed by atoms with E-state index < -0.39 is 6.10 Å². The van der Waals surface area contributed by atoms with Crippen molar-refractivity contribution in [2.75, 3.05) is 5.32 Å². The van der Waals surface area contributed by atoms with Crippen molar-refractivity contribution in [2.24, 2.45) is 0 Å². The first-order valence-electron chi connectivity index (χ1n) is 11.3. The first-order valence-corrected chi connectivity index (χ1v) is 11.3. The standard InChI is InChI=1S/C25H25N7O2/c1-15(16(2)33)32-14-28-31-24(32)21-4-3-5-23(29-21)30-25(34)22-12-18(10-11-26-22)19-8-9-20(27-13-19)17-6-7-17/h3-5,8-17,33H,6-7H2,1-2H3,(H,29,30,34)/t15-,16+/m0/s1. The van der Waals surface area contributed by atoms with Crippen molar-refractivity contribution in [3.63, 3.8) is 0 Å². The molecule has 0 aromatic carbocycles. The topological polar surface area (TPSA) is 119 Å². The van der Waals surface area contributed by atoms with Gasteiger partial charge in [0.2, 0.25) is 0 Å². The third-order valence-corrected chi connectivity index (χ3v) is 6.04. The Labute approximate surface area is 197 Å². The number of nitrogens with zero attached hydrogens (tertiary/aromatic N) is 6. The van der Waals surface area contributed by atoms with Gasteiger partial charge in [-0.05, 0) is 62.6 Å². The molecule has 2 N–H and O–H groups in total. The Morgan fingerprint density at radius 1 is 1.12 bits per heavy atom. The Kier molecular flexibility index (Phi) is 5.85. The number of aliphatic hydroxyl groups excluding tert-OH is 1. The van der Waals surface area contributed by atoms with Gasteiger partial charge in [0.25, 0.3) is 5.91 Å². The minimum atomic E-state index is -0.587. The van der Waals surface area contributed by atoms with Gasteiger partial charge in [-0.25, -0.2) is 4.98 Å². The Morgan fingerprint density at radius 3 is 2.71 bits per heavy atom. The van der Waals surface area contributed by atoms with Gasteiger partial charge in [0.15, 0.2) is 5.82 Å². The normalized spacial score (nSPS) is 15.0. The summed E-state index contributed by atoms with van der Waals surface area (Å²) in [5.74, 6) is 1.10. The molecule has 5 rings (SSSR count). The van der Waals surface area contributed by atoms with Crippen LogP contribution in [-0.4, -0.2) is 46.8 Å². The monoisotopic (exact) mass is 455 g/mol. The highest BCUT2D eigenvalue weighted by atomic mass is 16.3. The second kappa shape index (κ2) is 9.11. The molecule has 4 aromatic heterocycles. The fraction of sp³-hybridized carbons (Fsp3) is 0.280. The molecule has 1 aliphatic rings. The van der Waals surface area contributed by atoms with E-state index in [4.69, 9.17) is 0 Å². The maximum Gasteiger partial charge on any atom is 0.275 e. The Hall–Kier alpha value is -3.98. The number of hydrogen-bond acceptors (Lipinski definition) is 7. The van der Waals surface area contributed by atoms with E-state index in [0.29, 0.717) is 23.3 Å². The highest BCUT2D eigenvalue weighted by molar-refractivity contribution is 6.03. The van der Waals surface area contributed by atoms with Gasteiger partial charge >= 0.3 is 0 Å². The van der Waals surface area contributed by atoms with Crippen LogP contribution in [0.4, 0.5) is 5.82 Å². The fourth-order valence-electron chi connectivity index (χ4n) is 3.70. The average molecular weight is 456 g/mol. The minimum absolute atomic E-state index is 0.232. The summed E-state index contributed by atoms with van der Waals surface area (Å²) >= 11 is 0. The molecule has 0 saturated heterocycles. The van der Waals surface area contributed by atoms with E-state index in [1.54, 1.807) is 48.3 Å². The molecule has 0 radical (unpaired) electrons. The summed E-state index contributed by atoms with van der Waals surface area (Å²) in [6.07, 6.45) is 6.85. The highest BCUT2D eigenvalue weighted by Crippen LogP contribution is 2.39. The molecule has 1 saturated carbocycles. The number of amides is 1. The molecule has 1 aliphatic carbocycles. The lowest BCUT2D eigenvalue weighted by Crippen LogP contribution is -2.19. The van der Waals surface area contributed by atoms with E-state index in [0.717, 1.165) is 16.8 Å². The quantitative estimate of drug-likeness (QED) is 0.434. The molecule has 1 fully saturated rings. The maximum absolute atomic E-state index is 12.9. The van der Waals surface area contributed by atoms with Gasteiger partial charge in [-0.3, -0.25) is 14.8 Å². The summed E-state index contributed by atoms with van der Waals surface area (Å²) in [4.78, 5) is 26.2. The van der Waals surface area contributed by atoms with E-state index in [1.807, 2.05) is 25.3 Å². The van der Waals surface area contributed by atoms with Gasteiger partial charge in [-0.2, -0.15) is 0 Å². The summed E-state index contributed by atoms with van der Waals surface area (Å²) in [7, 11) is 0.